The van der Waals surface area contributed by atoms with E-state index in [2.05, 4.69) is 50.1 Å². The fourth-order valence-corrected chi connectivity index (χ4v) is 3.31. The van der Waals surface area contributed by atoms with Crippen LogP contribution in [0.15, 0.2) is 12.7 Å². The van der Waals surface area contributed by atoms with Crippen LogP contribution < -0.4 is 0 Å². The second-order valence-electron chi connectivity index (χ2n) is 7.04. The third-order valence-corrected chi connectivity index (χ3v) is 4.65. The summed E-state index contributed by atoms with van der Waals surface area (Å²) in [5.74, 6) is 0. The lowest BCUT2D eigenvalue weighted by atomic mass is 10.0. The summed E-state index contributed by atoms with van der Waals surface area (Å²) < 4.78 is 0. The van der Waals surface area contributed by atoms with Gasteiger partial charge in [0.05, 0.1) is 6.07 Å². The van der Waals surface area contributed by atoms with Gasteiger partial charge in [-0.25, -0.2) is 0 Å². The normalized spacial score (nSPS) is 22.4. The molecule has 0 amide bonds. The lowest BCUT2D eigenvalue weighted by Gasteiger charge is -2.36. The maximum Gasteiger partial charge on any atom is 0.0587 e. The highest BCUT2D eigenvalue weighted by Gasteiger charge is 2.21. The van der Waals surface area contributed by atoms with E-state index in [9.17, 15) is 0 Å². The quantitative estimate of drug-likeness (QED) is 0.696. The number of rotatable bonds is 3. The first-order valence-corrected chi connectivity index (χ1v) is 9.41. The van der Waals surface area contributed by atoms with Gasteiger partial charge in [0.2, 0.25) is 0 Å². The van der Waals surface area contributed by atoms with Gasteiger partial charge in [0, 0.05) is 25.0 Å². The van der Waals surface area contributed by atoms with E-state index in [-0.39, 0.29) is 0 Å². The molecule has 23 heavy (non-hydrogen) atoms. The van der Waals surface area contributed by atoms with Crippen molar-refractivity contribution in [2.75, 3.05) is 19.6 Å². The highest BCUT2D eigenvalue weighted by molar-refractivity contribution is 4.91. The smallest absolute Gasteiger partial charge is 0.0587 e. The molecule has 0 spiro atoms. The van der Waals surface area contributed by atoms with Crippen LogP contribution in [-0.2, 0) is 0 Å². The minimum atomic E-state index is 0.642. The predicted molar refractivity (Wildman–Crippen MR) is 102 cm³/mol. The van der Waals surface area contributed by atoms with Crippen LogP contribution in [0.25, 0.3) is 0 Å². The lowest BCUT2D eigenvalue weighted by Crippen LogP contribution is -2.42. The summed E-state index contributed by atoms with van der Waals surface area (Å²) in [5, 5.41) is 7.32. The molecule has 2 rings (SSSR count). The van der Waals surface area contributed by atoms with E-state index in [0.717, 1.165) is 6.04 Å². The molecule has 3 heteroatoms. The molecule has 2 fully saturated rings. The van der Waals surface area contributed by atoms with E-state index in [0.29, 0.717) is 12.1 Å². The van der Waals surface area contributed by atoms with Crippen molar-refractivity contribution in [3.05, 3.63) is 12.7 Å². The third kappa shape index (κ3) is 9.79. The first-order chi connectivity index (χ1) is 11.0. The Bertz CT molecular complexity index is 324. The van der Waals surface area contributed by atoms with Crippen molar-refractivity contribution in [3.8, 4) is 6.07 Å². The Morgan fingerprint density at radius 2 is 1.48 bits per heavy atom. The van der Waals surface area contributed by atoms with Gasteiger partial charge in [-0.1, -0.05) is 18.9 Å². The molecule has 0 aliphatic carbocycles. The third-order valence-electron chi connectivity index (χ3n) is 4.65. The van der Waals surface area contributed by atoms with Gasteiger partial charge in [-0.05, 0) is 73.0 Å². The van der Waals surface area contributed by atoms with Gasteiger partial charge in [0.25, 0.3) is 0 Å². The van der Waals surface area contributed by atoms with Crippen LogP contribution in [0.5, 0.6) is 0 Å². The Kier molecular flexibility index (Phi) is 13.1. The molecular formula is C20H39N3. The van der Waals surface area contributed by atoms with Crippen molar-refractivity contribution < 1.29 is 0 Å². The van der Waals surface area contributed by atoms with Gasteiger partial charge >= 0.3 is 0 Å². The summed E-state index contributed by atoms with van der Waals surface area (Å²) in [6.07, 6.45) is 10.4. The van der Waals surface area contributed by atoms with Crippen molar-refractivity contribution in [1.29, 1.82) is 5.26 Å². The Labute approximate surface area is 145 Å². The predicted octanol–water partition coefficient (Wildman–Crippen LogP) is 4.85. The number of piperidine rings is 2. The molecule has 0 aromatic heterocycles. The van der Waals surface area contributed by atoms with E-state index in [1.807, 2.05) is 0 Å². The van der Waals surface area contributed by atoms with Gasteiger partial charge in [0.15, 0.2) is 0 Å². The van der Waals surface area contributed by atoms with Crippen molar-refractivity contribution in [2.24, 2.45) is 0 Å². The topological polar surface area (TPSA) is 30.3 Å². The molecule has 2 aliphatic rings. The standard InChI is InChI=1S/C10H19N.C8H17N.C2H3N/c1-4-10-7-5-6-8-11(10)9(2)3;1-8(2)9-6-4-3-5-7-9;1-2-3/h4,9-10H,1,5-8H2,2-3H3;8H,3-7H2,1-2H3;1H3. The number of hydrogen-bond acceptors (Lipinski definition) is 3. The largest absolute Gasteiger partial charge is 0.301 e. The lowest BCUT2D eigenvalue weighted by molar-refractivity contribution is 0.141. The number of hydrogen-bond donors (Lipinski definition) is 0. The van der Waals surface area contributed by atoms with E-state index >= 15 is 0 Å². The van der Waals surface area contributed by atoms with Crippen LogP contribution in [0.1, 0.15) is 73.1 Å². The Morgan fingerprint density at radius 3 is 1.83 bits per heavy atom. The molecule has 2 heterocycles. The van der Waals surface area contributed by atoms with Crippen LogP contribution in [0.4, 0.5) is 0 Å². The van der Waals surface area contributed by atoms with Crippen molar-refractivity contribution in [1.82, 2.24) is 9.80 Å². The number of likely N-dealkylation sites (tertiary alicyclic amines) is 2. The second kappa shape index (κ2) is 13.6. The molecular weight excluding hydrogens is 282 g/mol. The van der Waals surface area contributed by atoms with Crippen molar-refractivity contribution in [3.63, 3.8) is 0 Å². The first-order valence-electron chi connectivity index (χ1n) is 9.41. The molecule has 0 saturated carbocycles. The molecule has 0 aromatic rings. The molecule has 0 bridgehead atoms. The summed E-state index contributed by atoms with van der Waals surface area (Å²) in [6.45, 7) is 18.3. The molecule has 1 atom stereocenters. The molecule has 2 saturated heterocycles. The maximum absolute atomic E-state index is 7.32. The van der Waals surface area contributed by atoms with Gasteiger partial charge in [-0.3, -0.25) is 4.90 Å². The van der Waals surface area contributed by atoms with Gasteiger partial charge in [0.1, 0.15) is 0 Å². The highest BCUT2D eigenvalue weighted by Crippen LogP contribution is 2.19. The SMILES string of the molecule is C=CC1CCCCN1C(C)C.CC#N.CC(C)N1CCCCC1. The summed E-state index contributed by atoms with van der Waals surface area (Å²) in [7, 11) is 0. The van der Waals surface area contributed by atoms with E-state index in [4.69, 9.17) is 5.26 Å². The van der Waals surface area contributed by atoms with Crippen LogP contribution in [0.2, 0.25) is 0 Å². The highest BCUT2D eigenvalue weighted by atomic mass is 15.2. The average Bonchev–Trinajstić information content (AvgIpc) is 2.57. The Balaban J connectivity index is 0.000000365. The van der Waals surface area contributed by atoms with Crippen molar-refractivity contribution in [2.45, 2.75) is 91.3 Å². The summed E-state index contributed by atoms with van der Waals surface area (Å²) in [4.78, 5) is 5.10. The summed E-state index contributed by atoms with van der Waals surface area (Å²) in [5.41, 5.74) is 0. The number of nitrogens with zero attached hydrogens (tertiary/aromatic N) is 3. The molecule has 2 aliphatic heterocycles. The molecule has 1 unspecified atom stereocenters. The fraction of sp³-hybridized carbons (Fsp3) is 0.850. The van der Waals surface area contributed by atoms with Crippen LogP contribution in [0, 0.1) is 11.3 Å². The van der Waals surface area contributed by atoms with Crippen molar-refractivity contribution >= 4 is 0 Å². The molecule has 0 N–H and O–H groups in total. The molecule has 3 nitrogen and oxygen atoms in total. The Hall–Kier alpha value is -0.850. The minimum absolute atomic E-state index is 0.642. The average molecular weight is 322 g/mol. The monoisotopic (exact) mass is 321 g/mol. The van der Waals surface area contributed by atoms with Crippen LogP contribution >= 0.6 is 0 Å². The molecule has 0 aromatic carbocycles. The molecule has 0 radical (unpaired) electrons. The molecule has 134 valence electrons. The van der Waals surface area contributed by atoms with E-state index in [1.165, 1.54) is 65.1 Å². The van der Waals surface area contributed by atoms with E-state index in [1.54, 1.807) is 6.07 Å². The second-order valence-corrected chi connectivity index (χ2v) is 7.04. The Morgan fingerprint density at radius 1 is 0.957 bits per heavy atom. The van der Waals surface area contributed by atoms with Gasteiger partial charge < -0.3 is 4.90 Å². The maximum atomic E-state index is 7.32. The fourth-order valence-electron chi connectivity index (χ4n) is 3.31. The van der Waals surface area contributed by atoms with Crippen LogP contribution in [-0.4, -0.2) is 47.6 Å². The zero-order chi connectivity index (χ0) is 17.7. The zero-order valence-corrected chi connectivity index (χ0v) is 16.2. The number of nitriles is 1. The van der Waals surface area contributed by atoms with Gasteiger partial charge in [-0.15, -0.1) is 6.58 Å². The van der Waals surface area contributed by atoms with Crippen LogP contribution in [0.3, 0.4) is 0 Å². The summed E-state index contributed by atoms with van der Waals surface area (Å²) in [6, 6.07) is 3.84. The summed E-state index contributed by atoms with van der Waals surface area (Å²) >= 11 is 0. The van der Waals surface area contributed by atoms with E-state index < -0.39 is 0 Å². The van der Waals surface area contributed by atoms with Gasteiger partial charge in [-0.2, -0.15) is 5.26 Å². The minimum Gasteiger partial charge on any atom is -0.301 e. The first kappa shape index (κ1) is 22.1. The zero-order valence-electron chi connectivity index (χ0n) is 16.2.